The minimum Gasteiger partial charge on any atom is -0.494 e. The molecule has 6 nitrogen and oxygen atoms in total. The number of para-hydroxylation sites is 1. The molecule has 2 rings (SSSR count). The fourth-order valence-electron chi connectivity index (χ4n) is 2.93. The maximum atomic E-state index is 5.68. The van der Waals surface area contributed by atoms with Gasteiger partial charge in [-0.3, -0.25) is 9.89 Å². The van der Waals surface area contributed by atoms with Crippen molar-refractivity contribution in [3.63, 3.8) is 0 Å². The van der Waals surface area contributed by atoms with Crippen LogP contribution in [0.25, 0.3) is 0 Å². The molecule has 0 radical (unpaired) electrons. The summed E-state index contributed by atoms with van der Waals surface area (Å²) in [5.41, 5.74) is 1.17. The normalized spacial score (nSPS) is 15.9. The number of guanidine groups is 1. The minimum atomic E-state index is 0. The summed E-state index contributed by atoms with van der Waals surface area (Å²) in [6.45, 7) is 12.2. The van der Waals surface area contributed by atoms with E-state index in [0.717, 1.165) is 50.1 Å². The van der Waals surface area contributed by atoms with Crippen molar-refractivity contribution in [3.8, 4) is 5.75 Å². The average Bonchev–Trinajstić information content (AvgIpc) is 2.64. The van der Waals surface area contributed by atoms with Gasteiger partial charge in [-0.1, -0.05) is 18.2 Å². The predicted octanol–water partition coefficient (Wildman–Crippen LogP) is 2.48. The maximum Gasteiger partial charge on any atom is 0.191 e. The van der Waals surface area contributed by atoms with E-state index in [1.54, 1.807) is 7.05 Å². The Bertz CT molecular complexity index is 560. The summed E-state index contributed by atoms with van der Waals surface area (Å²) < 4.78 is 11.1. The molecule has 0 aromatic heterocycles. The minimum absolute atomic E-state index is 0. The third kappa shape index (κ3) is 6.92. The SMILES string of the molecule is CCOc1ccccc1CNC(=NC)NCC(C)(C)N1CCOCC1.I. The van der Waals surface area contributed by atoms with Crippen LogP contribution in [0, 0.1) is 0 Å². The molecule has 148 valence electrons. The van der Waals surface area contributed by atoms with Crippen molar-refractivity contribution in [2.75, 3.05) is 46.5 Å². The van der Waals surface area contributed by atoms with Gasteiger partial charge in [0.05, 0.1) is 19.8 Å². The fraction of sp³-hybridized carbons (Fsp3) is 0.632. The highest BCUT2D eigenvalue weighted by Crippen LogP contribution is 2.18. The first-order valence-electron chi connectivity index (χ1n) is 9.05. The van der Waals surface area contributed by atoms with Crippen LogP contribution >= 0.6 is 24.0 Å². The number of halogens is 1. The molecule has 1 heterocycles. The first-order valence-corrected chi connectivity index (χ1v) is 9.05. The lowest BCUT2D eigenvalue weighted by Gasteiger charge is -2.41. The largest absolute Gasteiger partial charge is 0.494 e. The first kappa shape index (κ1) is 23.0. The highest BCUT2D eigenvalue weighted by molar-refractivity contribution is 14.0. The van der Waals surface area contributed by atoms with Crippen LogP contribution in [0.15, 0.2) is 29.3 Å². The van der Waals surface area contributed by atoms with Crippen molar-refractivity contribution >= 4 is 29.9 Å². The van der Waals surface area contributed by atoms with Crippen molar-refractivity contribution < 1.29 is 9.47 Å². The summed E-state index contributed by atoms with van der Waals surface area (Å²) in [5, 5.41) is 6.82. The zero-order chi connectivity index (χ0) is 18.1. The smallest absolute Gasteiger partial charge is 0.191 e. The standard InChI is InChI=1S/C19H32N4O2.HI/c1-5-25-17-9-7-6-8-16(17)14-21-18(20-4)22-15-19(2,3)23-10-12-24-13-11-23;/h6-9H,5,10-15H2,1-4H3,(H2,20,21,22);1H. The molecule has 0 spiro atoms. The molecule has 1 aromatic carbocycles. The van der Waals surface area contributed by atoms with Crippen molar-refractivity contribution in [3.05, 3.63) is 29.8 Å². The highest BCUT2D eigenvalue weighted by atomic mass is 127. The predicted molar refractivity (Wildman–Crippen MR) is 118 cm³/mol. The quantitative estimate of drug-likeness (QED) is 0.360. The van der Waals surface area contributed by atoms with Crippen LogP contribution in [0.4, 0.5) is 0 Å². The summed E-state index contributed by atoms with van der Waals surface area (Å²) in [6.07, 6.45) is 0. The second kappa shape index (κ2) is 11.6. The Morgan fingerprint density at radius 3 is 2.58 bits per heavy atom. The third-order valence-electron chi connectivity index (χ3n) is 4.50. The number of aliphatic imine (C=N–C) groups is 1. The molecule has 1 aromatic rings. The zero-order valence-corrected chi connectivity index (χ0v) is 18.7. The van der Waals surface area contributed by atoms with E-state index in [1.807, 2.05) is 25.1 Å². The van der Waals surface area contributed by atoms with Gasteiger partial charge >= 0.3 is 0 Å². The summed E-state index contributed by atoms with van der Waals surface area (Å²) in [4.78, 5) is 6.80. The van der Waals surface area contributed by atoms with Crippen molar-refractivity contribution in [2.24, 2.45) is 4.99 Å². The molecule has 0 atom stereocenters. The number of morpholine rings is 1. The van der Waals surface area contributed by atoms with Crippen LogP contribution in [-0.2, 0) is 11.3 Å². The molecule has 0 amide bonds. The Morgan fingerprint density at radius 1 is 1.23 bits per heavy atom. The van der Waals surface area contributed by atoms with Gasteiger partial charge in [-0.15, -0.1) is 24.0 Å². The van der Waals surface area contributed by atoms with Crippen molar-refractivity contribution in [1.82, 2.24) is 15.5 Å². The first-order chi connectivity index (χ1) is 12.1. The molecule has 1 fully saturated rings. The molecule has 26 heavy (non-hydrogen) atoms. The highest BCUT2D eigenvalue weighted by Gasteiger charge is 2.28. The maximum absolute atomic E-state index is 5.68. The van der Waals surface area contributed by atoms with Crippen molar-refractivity contribution in [1.29, 1.82) is 0 Å². The Hall–Kier alpha value is -1.06. The summed E-state index contributed by atoms with van der Waals surface area (Å²) in [6, 6.07) is 8.09. The van der Waals surface area contributed by atoms with E-state index in [9.17, 15) is 0 Å². The van der Waals surface area contributed by atoms with Crippen LogP contribution in [0.3, 0.4) is 0 Å². The van der Waals surface area contributed by atoms with Crippen LogP contribution in [0.1, 0.15) is 26.3 Å². The number of benzene rings is 1. The van der Waals surface area contributed by atoms with Gasteiger partial charge in [-0.2, -0.15) is 0 Å². The van der Waals surface area contributed by atoms with Gasteiger partial charge in [0.15, 0.2) is 5.96 Å². The second-order valence-corrected chi connectivity index (χ2v) is 6.73. The van der Waals surface area contributed by atoms with Crippen LogP contribution in [-0.4, -0.2) is 62.9 Å². The number of ether oxygens (including phenoxy) is 2. The van der Waals surface area contributed by atoms with Crippen LogP contribution in [0.5, 0.6) is 5.75 Å². The molecule has 2 N–H and O–H groups in total. The Kier molecular flexibility index (Phi) is 10.3. The molecule has 0 aliphatic carbocycles. The summed E-state index contributed by atoms with van der Waals surface area (Å²) in [5.74, 6) is 1.72. The Balaban J connectivity index is 0.00000338. The second-order valence-electron chi connectivity index (χ2n) is 6.73. The fourth-order valence-corrected chi connectivity index (χ4v) is 2.93. The molecule has 1 aliphatic heterocycles. The van der Waals surface area contributed by atoms with Crippen LogP contribution in [0.2, 0.25) is 0 Å². The van der Waals surface area contributed by atoms with E-state index in [-0.39, 0.29) is 29.5 Å². The molecule has 7 heteroatoms. The number of hydrogen-bond acceptors (Lipinski definition) is 4. The van der Waals surface area contributed by atoms with Gasteiger partial charge < -0.3 is 20.1 Å². The number of hydrogen-bond donors (Lipinski definition) is 2. The van der Waals surface area contributed by atoms with E-state index in [4.69, 9.17) is 9.47 Å². The molecular weight excluding hydrogens is 443 g/mol. The molecule has 1 aliphatic rings. The molecule has 0 unspecified atom stereocenters. The third-order valence-corrected chi connectivity index (χ3v) is 4.50. The molecule has 0 saturated carbocycles. The topological polar surface area (TPSA) is 58.1 Å². The van der Waals surface area contributed by atoms with Gasteiger partial charge in [0.25, 0.3) is 0 Å². The number of rotatable bonds is 7. The van der Waals surface area contributed by atoms with E-state index in [1.165, 1.54) is 0 Å². The van der Waals surface area contributed by atoms with Crippen molar-refractivity contribution in [2.45, 2.75) is 32.9 Å². The van der Waals surface area contributed by atoms with E-state index >= 15 is 0 Å². The molecule has 1 saturated heterocycles. The lowest BCUT2D eigenvalue weighted by atomic mass is 10.0. The Labute approximate surface area is 174 Å². The zero-order valence-electron chi connectivity index (χ0n) is 16.4. The lowest BCUT2D eigenvalue weighted by molar-refractivity contribution is -0.00834. The number of nitrogens with one attached hydrogen (secondary N) is 2. The van der Waals surface area contributed by atoms with Gasteiger partial charge in [-0.05, 0) is 26.8 Å². The lowest BCUT2D eigenvalue weighted by Crippen LogP contribution is -2.56. The van der Waals surface area contributed by atoms with Gasteiger partial charge in [0, 0.05) is 44.3 Å². The van der Waals surface area contributed by atoms with E-state index in [0.29, 0.717) is 13.2 Å². The monoisotopic (exact) mass is 476 g/mol. The van der Waals surface area contributed by atoms with E-state index < -0.39 is 0 Å². The number of nitrogens with zero attached hydrogens (tertiary/aromatic N) is 2. The Morgan fingerprint density at radius 2 is 1.92 bits per heavy atom. The van der Waals surface area contributed by atoms with Gasteiger partial charge in [0.2, 0.25) is 0 Å². The summed E-state index contributed by atoms with van der Waals surface area (Å²) in [7, 11) is 1.80. The van der Waals surface area contributed by atoms with E-state index in [2.05, 4.69) is 40.4 Å². The van der Waals surface area contributed by atoms with Gasteiger partial charge in [0.1, 0.15) is 5.75 Å². The average molecular weight is 476 g/mol. The molecule has 0 bridgehead atoms. The van der Waals surface area contributed by atoms with Crippen LogP contribution < -0.4 is 15.4 Å². The van der Waals surface area contributed by atoms with Gasteiger partial charge in [-0.25, -0.2) is 0 Å². The molecular formula is C19H33IN4O2. The summed E-state index contributed by atoms with van der Waals surface area (Å²) >= 11 is 0.